The Kier molecular flexibility index (Phi) is 1.07. The summed E-state index contributed by atoms with van der Waals surface area (Å²) in [5.41, 5.74) is 0. The molecule has 2 fully saturated rings. The molecule has 11 heavy (non-hydrogen) atoms. The van der Waals surface area contributed by atoms with E-state index in [0.29, 0.717) is 5.92 Å². The molecule has 5 atom stereocenters. The quantitative estimate of drug-likeness (QED) is 0.520. The van der Waals surface area contributed by atoms with Crippen LogP contribution in [-0.4, -0.2) is 11.2 Å². The van der Waals surface area contributed by atoms with E-state index < -0.39 is 0 Å². The minimum absolute atomic E-state index is 0.102. The normalized spacial score (nSPS) is 58.8. The molecule has 3 rings (SSSR count). The maximum absolute atomic E-state index is 9.63. The lowest BCUT2D eigenvalue weighted by atomic mass is 9.80. The second kappa shape index (κ2) is 1.89. The first-order valence-corrected chi connectivity index (χ1v) is 4.72. The monoisotopic (exact) mass is 150 g/mol. The molecule has 1 nitrogen and oxygen atoms in total. The van der Waals surface area contributed by atoms with Gasteiger partial charge < -0.3 is 5.11 Å². The van der Waals surface area contributed by atoms with Crippen LogP contribution >= 0.6 is 0 Å². The van der Waals surface area contributed by atoms with Gasteiger partial charge in [0.1, 0.15) is 0 Å². The summed E-state index contributed by atoms with van der Waals surface area (Å²) in [5, 5.41) is 9.63. The Labute approximate surface area is 67.1 Å². The van der Waals surface area contributed by atoms with Gasteiger partial charge in [-0.2, -0.15) is 0 Å². The van der Waals surface area contributed by atoms with Crippen molar-refractivity contribution < 1.29 is 5.11 Å². The average molecular weight is 150 g/mol. The van der Waals surface area contributed by atoms with E-state index in [1.807, 2.05) is 6.08 Å². The summed E-state index contributed by atoms with van der Waals surface area (Å²) in [6.07, 6.45) is 8.37. The zero-order valence-electron chi connectivity index (χ0n) is 6.61. The number of aliphatic hydroxyl groups excluding tert-OH is 1. The first-order valence-electron chi connectivity index (χ1n) is 4.72. The third-order valence-corrected chi connectivity index (χ3v) is 3.97. The number of aliphatic hydroxyl groups is 1. The summed E-state index contributed by atoms with van der Waals surface area (Å²) in [6.45, 7) is 0. The molecule has 0 saturated heterocycles. The van der Waals surface area contributed by atoms with Crippen molar-refractivity contribution in [3.05, 3.63) is 12.2 Å². The zero-order chi connectivity index (χ0) is 7.42. The van der Waals surface area contributed by atoms with E-state index >= 15 is 0 Å². The highest BCUT2D eigenvalue weighted by Gasteiger charge is 2.50. The lowest BCUT2D eigenvalue weighted by molar-refractivity contribution is 0.105. The van der Waals surface area contributed by atoms with Crippen molar-refractivity contribution >= 4 is 0 Å². The highest BCUT2D eigenvalue weighted by atomic mass is 16.3. The smallest absolute Gasteiger partial charge is 0.0757 e. The molecular weight excluding hydrogens is 136 g/mol. The number of hydrogen-bond acceptors (Lipinski definition) is 1. The van der Waals surface area contributed by atoms with Crippen LogP contribution in [-0.2, 0) is 0 Å². The van der Waals surface area contributed by atoms with Gasteiger partial charge in [-0.15, -0.1) is 0 Å². The average Bonchev–Trinajstić information content (AvgIpc) is 2.60. The molecule has 0 heterocycles. The SMILES string of the molecule is OC1C=CC2C3CCC(C3)C12. The van der Waals surface area contributed by atoms with E-state index in [1.54, 1.807) is 0 Å². The van der Waals surface area contributed by atoms with Gasteiger partial charge in [-0.3, -0.25) is 0 Å². The van der Waals surface area contributed by atoms with Crippen LogP contribution in [0.3, 0.4) is 0 Å². The minimum Gasteiger partial charge on any atom is -0.389 e. The van der Waals surface area contributed by atoms with Crippen LogP contribution < -0.4 is 0 Å². The van der Waals surface area contributed by atoms with Crippen molar-refractivity contribution in [3.63, 3.8) is 0 Å². The minimum atomic E-state index is -0.102. The summed E-state index contributed by atoms with van der Waals surface area (Å²) in [6, 6.07) is 0. The highest BCUT2D eigenvalue weighted by molar-refractivity contribution is 5.16. The first-order chi connectivity index (χ1) is 5.36. The third-order valence-electron chi connectivity index (χ3n) is 3.97. The molecule has 2 saturated carbocycles. The van der Waals surface area contributed by atoms with Crippen molar-refractivity contribution in [2.75, 3.05) is 0 Å². The van der Waals surface area contributed by atoms with Gasteiger partial charge in [0.05, 0.1) is 6.10 Å². The van der Waals surface area contributed by atoms with Gasteiger partial charge in [-0.25, -0.2) is 0 Å². The largest absolute Gasteiger partial charge is 0.389 e. The maximum atomic E-state index is 9.63. The van der Waals surface area contributed by atoms with Gasteiger partial charge in [0.25, 0.3) is 0 Å². The van der Waals surface area contributed by atoms with Gasteiger partial charge in [0, 0.05) is 0 Å². The van der Waals surface area contributed by atoms with E-state index in [0.717, 1.165) is 17.8 Å². The fraction of sp³-hybridized carbons (Fsp3) is 0.800. The predicted molar refractivity (Wildman–Crippen MR) is 43.0 cm³/mol. The number of hydrogen-bond donors (Lipinski definition) is 1. The van der Waals surface area contributed by atoms with E-state index in [2.05, 4.69) is 6.08 Å². The molecule has 3 aliphatic rings. The molecular formula is C10H14O. The fourth-order valence-corrected chi connectivity index (χ4v) is 3.54. The number of rotatable bonds is 0. The van der Waals surface area contributed by atoms with Gasteiger partial charge in [0.15, 0.2) is 0 Å². The Morgan fingerprint density at radius 1 is 1.09 bits per heavy atom. The summed E-state index contributed by atoms with van der Waals surface area (Å²) in [7, 11) is 0. The van der Waals surface area contributed by atoms with Gasteiger partial charge in [-0.1, -0.05) is 12.2 Å². The van der Waals surface area contributed by atoms with Gasteiger partial charge in [-0.05, 0) is 42.9 Å². The van der Waals surface area contributed by atoms with Crippen molar-refractivity contribution in [1.82, 2.24) is 0 Å². The Morgan fingerprint density at radius 2 is 1.91 bits per heavy atom. The zero-order valence-corrected chi connectivity index (χ0v) is 6.61. The van der Waals surface area contributed by atoms with Gasteiger partial charge >= 0.3 is 0 Å². The Morgan fingerprint density at radius 3 is 2.73 bits per heavy atom. The molecule has 0 spiro atoms. The van der Waals surface area contributed by atoms with Crippen LogP contribution in [0.2, 0.25) is 0 Å². The molecule has 2 bridgehead atoms. The molecule has 0 aromatic carbocycles. The van der Waals surface area contributed by atoms with E-state index in [1.165, 1.54) is 19.3 Å². The van der Waals surface area contributed by atoms with Crippen LogP contribution in [0, 0.1) is 23.7 Å². The van der Waals surface area contributed by atoms with Crippen molar-refractivity contribution in [2.45, 2.75) is 25.4 Å². The van der Waals surface area contributed by atoms with Crippen molar-refractivity contribution in [2.24, 2.45) is 23.7 Å². The maximum Gasteiger partial charge on any atom is 0.0757 e. The summed E-state index contributed by atoms with van der Waals surface area (Å²) in [4.78, 5) is 0. The summed E-state index contributed by atoms with van der Waals surface area (Å²) < 4.78 is 0. The molecule has 60 valence electrons. The van der Waals surface area contributed by atoms with Gasteiger partial charge in [0.2, 0.25) is 0 Å². The molecule has 0 aromatic heterocycles. The second-order valence-electron chi connectivity index (χ2n) is 4.36. The van der Waals surface area contributed by atoms with Crippen LogP contribution in [0.15, 0.2) is 12.2 Å². The lowest BCUT2D eigenvalue weighted by Crippen LogP contribution is -2.25. The molecule has 0 radical (unpaired) electrons. The van der Waals surface area contributed by atoms with Crippen LogP contribution in [0.25, 0.3) is 0 Å². The van der Waals surface area contributed by atoms with E-state index in [9.17, 15) is 5.11 Å². The Hall–Kier alpha value is -0.300. The molecule has 3 aliphatic carbocycles. The summed E-state index contributed by atoms with van der Waals surface area (Å²) in [5.74, 6) is 3.16. The number of allylic oxidation sites excluding steroid dienone is 1. The molecule has 1 heteroatoms. The highest BCUT2D eigenvalue weighted by Crippen LogP contribution is 2.56. The summed E-state index contributed by atoms with van der Waals surface area (Å²) >= 11 is 0. The number of fused-ring (bicyclic) bond motifs is 5. The second-order valence-corrected chi connectivity index (χ2v) is 4.36. The van der Waals surface area contributed by atoms with Crippen LogP contribution in [0.5, 0.6) is 0 Å². The van der Waals surface area contributed by atoms with Crippen LogP contribution in [0.1, 0.15) is 19.3 Å². The Balaban J connectivity index is 1.96. The predicted octanol–water partition coefficient (Wildman–Crippen LogP) is 1.58. The van der Waals surface area contributed by atoms with E-state index in [-0.39, 0.29) is 6.10 Å². The third kappa shape index (κ3) is 0.652. The Bertz CT molecular complexity index is 209. The fourth-order valence-electron chi connectivity index (χ4n) is 3.54. The molecule has 0 amide bonds. The topological polar surface area (TPSA) is 20.2 Å². The van der Waals surface area contributed by atoms with Crippen molar-refractivity contribution in [3.8, 4) is 0 Å². The molecule has 0 aliphatic heterocycles. The first kappa shape index (κ1) is 6.24. The molecule has 1 N–H and O–H groups in total. The lowest BCUT2D eigenvalue weighted by Gasteiger charge is -2.26. The molecule has 0 aromatic rings. The van der Waals surface area contributed by atoms with E-state index in [4.69, 9.17) is 0 Å². The standard InChI is InChI=1S/C10H14O/c11-9-4-3-8-6-1-2-7(5-6)10(8)9/h3-4,6-11H,1-2,5H2. The van der Waals surface area contributed by atoms with Crippen LogP contribution in [0.4, 0.5) is 0 Å². The van der Waals surface area contributed by atoms with Crippen molar-refractivity contribution in [1.29, 1.82) is 0 Å². The molecule has 5 unspecified atom stereocenters.